The highest BCUT2D eigenvalue weighted by Gasteiger charge is 2.22. The van der Waals surface area contributed by atoms with Crippen LogP contribution in [0.4, 0.5) is 0 Å². The van der Waals surface area contributed by atoms with E-state index in [1.165, 1.54) is 49.0 Å². The number of para-hydroxylation sites is 3. The molecule has 0 saturated carbocycles. The number of hydrogen-bond donors (Lipinski definition) is 0. The second-order valence-corrected chi connectivity index (χ2v) is 11.8. The molecule has 7 aromatic carbocycles. The molecule has 46 heavy (non-hydrogen) atoms. The van der Waals surface area contributed by atoms with Gasteiger partial charge in [0.05, 0.1) is 39.0 Å². The lowest BCUT2D eigenvalue weighted by molar-refractivity contribution is 1.01. The van der Waals surface area contributed by atoms with Gasteiger partial charge in [-0.1, -0.05) is 121 Å². The smallest absolute Gasteiger partial charge is 0.235 e. The van der Waals surface area contributed by atoms with Crippen LogP contribution < -0.4 is 0 Å². The van der Waals surface area contributed by atoms with Gasteiger partial charge in [-0.15, -0.1) is 0 Å². The van der Waals surface area contributed by atoms with Gasteiger partial charge in [0.2, 0.25) is 5.95 Å². The first kappa shape index (κ1) is 25.1. The lowest BCUT2D eigenvalue weighted by Gasteiger charge is -2.12. The van der Waals surface area contributed by atoms with Crippen LogP contribution >= 0.6 is 0 Å². The van der Waals surface area contributed by atoms with Crippen LogP contribution in [0.15, 0.2) is 158 Å². The molecule has 0 spiro atoms. The zero-order chi connectivity index (χ0) is 30.2. The van der Waals surface area contributed by atoms with Crippen LogP contribution in [0, 0.1) is 0 Å². The summed E-state index contributed by atoms with van der Waals surface area (Å²) in [7, 11) is 0. The third-order valence-electron chi connectivity index (χ3n) is 9.32. The van der Waals surface area contributed by atoms with Crippen LogP contribution in [-0.4, -0.2) is 19.1 Å². The average molecular weight is 587 g/mol. The topological polar surface area (TPSA) is 35.6 Å². The van der Waals surface area contributed by atoms with Gasteiger partial charge in [0.15, 0.2) is 0 Å². The molecule has 0 aliphatic rings. The molecule has 0 fully saturated rings. The predicted octanol–water partition coefficient (Wildman–Crippen LogP) is 10.6. The predicted molar refractivity (Wildman–Crippen MR) is 191 cm³/mol. The minimum atomic E-state index is 0.667. The van der Waals surface area contributed by atoms with Gasteiger partial charge in [0.1, 0.15) is 0 Å². The first-order chi connectivity index (χ1) is 22.8. The van der Waals surface area contributed by atoms with E-state index in [0.717, 1.165) is 33.2 Å². The minimum Gasteiger partial charge on any atom is -0.309 e. The van der Waals surface area contributed by atoms with E-state index in [-0.39, 0.29) is 0 Å². The Morgan fingerprint density at radius 2 is 0.935 bits per heavy atom. The SMILES string of the molecule is c1ccc(-c2nc(-n3c4ccccc4c4c5c6ccccc6n(-c6cccc7ccccc67)c5ccc43)nc3ccccc23)cc1. The number of fused-ring (bicyclic) bond motifs is 9. The Labute approximate surface area is 264 Å². The van der Waals surface area contributed by atoms with E-state index in [0.29, 0.717) is 5.95 Å². The zero-order valence-electron chi connectivity index (χ0n) is 24.8. The maximum atomic E-state index is 5.29. The number of nitrogens with zero attached hydrogens (tertiary/aromatic N) is 4. The van der Waals surface area contributed by atoms with Crippen molar-refractivity contribution in [1.29, 1.82) is 0 Å². The van der Waals surface area contributed by atoms with Crippen LogP contribution in [0.2, 0.25) is 0 Å². The summed E-state index contributed by atoms with van der Waals surface area (Å²) in [5.74, 6) is 0.667. The first-order valence-corrected chi connectivity index (χ1v) is 15.6. The molecule has 0 bridgehead atoms. The van der Waals surface area contributed by atoms with Crippen molar-refractivity contribution in [1.82, 2.24) is 19.1 Å². The Bertz CT molecular complexity index is 2800. The van der Waals surface area contributed by atoms with Crippen molar-refractivity contribution in [3.63, 3.8) is 0 Å². The lowest BCUT2D eigenvalue weighted by atomic mass is 10.1. The number of benzene rings is 7. The second kappa shape index (κ2) is 9.62. The number of hydrogen-bond acceptors (Lipinski definition) is 2. The molecule has 0 atom stereocenters. The van der Waals surface area contributed by atoms with Gasteiger partial charge >= 0.3 is 0 Å². The second-order valence-electron chi connectivity index (χ2n) is 11.8. The van der Waals surface area contributed by atoms with Gasteiger partial charge in [-0.05, 0) is 41.8 Å². The van der Waals surface area contributed by atoms with Crippen LogP contribution in [0.5, 0.6) is 0 Å². The van der Waals surface area contributed by atoms with Crippen molar-refractivity contribution in [2.24, 2.45) is 0 Å². The van der Waals surface area contributed by atoms with Crippen molar-refractivity contribution in [2.45, 2.75) is 0 Å². The molecule has 3 aromatic heterocycles. The number of aromatic nitrogens is 4. The molecule has 10 rings (SSSR count). The third-order valence-corrected chi connectivity index (χ3v) is 9.32. The molecule has 0 N–H and O–H groups in total. The van der Waals surface area contributed by atoms with Crippen molar-refractivity contribution < 1.29 is 0 Å². The van der Waals surface area contributed by atoms with E-state index in [4.69, 9.17) is 9.97 Å². The first-order valence-electron chi connectivity index (χ1n) is 15.6. The van der Waals surface area contributed by atoms with Gasteiger partial charge in [0.25, 0.3) is 0 Å². The molecule has 0 aliphatic heterocycles. The molecule has 0 amide bonds. The molecule has 0 unspecified atom stereocenters. The molecule has 0 saturated heterocycles. The fraction of sp³-hybridized carbons (Fsp3) is 0. The Hall–Kier alpha value is -6.26. The summed E-state index contributed by atoms with van der Waals surface area (Å²) in [6.45, 7) is 0. The normalized spacial score (nSPS) is 11.9. The molecule has 0 aliphatic carbocycles. The van der Waals surface area contributed by atoms with E-state index in [1.54, 1.807) is 0 Å². The zero-order valence-corrected chi connectivity index (χ0v) is 24.8. The summed E-state index contributed by atoms with van der Waals surface area (Å²) in [5, 5.41) is 8.35. The van der Waals surface area contributed by atoms with E-state index in [2.05, 4.69) is 155 Å². The molecule has 3 heterocycles. The molecular weight excluding hydrogens is 560 g/mol. The fourth-order valence-corrected chi connectivity index (χ4v) is 7.38. The summed E-state index contributed by atoms with van der Waals surface area (Å²) < 4.78 is 4.67. The summed E-state index contributed by atoms with van der Waals surface area (Å²) >= 11 is 0. The van der Waals surface area contributed by atoms with Crippen LogP contribution in [0.25, 0.3) is 88.2 Å². The molecule has 214 valence electrons. The number of rotatable bonds is 3. The van der Waals surface area contributed by atoms with Gasteiger partial charge in [-0.25, -0.2) is 9.97 Å². The minimum absolute atomic E-state index is 0.667. The largest absolute Gasteiger partial charge is 0.309 e. The van der Waals surface area contributed by atoms with Crippen molar-refractivity contribution in [2.75, 3.05) is 0 Å². The van der Waals surface area contributed by atoms with E-state index in [1.807, 2.05) is 12.1 Å². The summed E-state index contributed by atoms with van der Waals surface area (Å²) in [6.07, 6.45) is 0. The monoisotopic (exact) mass is 586 g/mol. The average Bonchev–Trinajstić information content (AvgIpc) is 3.64. The molecular formula is C42H26N4. The lowest BCUT2D eigenvalue weighted by Crippen LogP contribution is -2.03. The van der Waals surface area contributed by atoms with Crippen molar-refractivity contribution in [3.8, 4) is 22.9 Å². The molecule has 4 heteroatoms. The quantitative estimate of drug-likeness (QED) is 0.206. The highest BCUT2D eigenvalue weighted by Crippen LogP contribution is 2.43. The van der Waals surface area contributed by atoms with Gasteiger partial charge < -0.3 is 4.57 Å². The van der Waals surface area contributed by atoms with Crippen LogP contribution in [0.1, 0.15) is 0 Å². The Morgan fingerprint density at radius 1 is 0.370 bits per heavy atom. The molecule has 0 radical (unpaired) electrons. The fourth-order valence-electron chi connectivity index (χ4n) is 7.38. The standard InChI is InChI=1S/C42H26N4/c1-2-14-28(15-3-1)41-30-18-6-9-21-33(30)43-42(44-41)46-36-23-11-8-20-32(36)40-38(46)26-25-37-39(40)31-19-7-10-22-35(31)45(37)34-24-12-16-27-13-4-5-17-29(27)34/h1-26H. The van der Waals surface area contributed by atoms with E-state index in [9.17, 15) is 0 Å². The summed E-state index contributed by atoms with van der Waals surface area (Å²) in [6, 6.07) is 55.9. The van der Waals surface area contributed by atoms with Gasteiger partial charge in [0, 0.05) is 37.9 Å². The maximum absolute atomic E-state index is 5.29. The Kier molecular flexibility index (Phi) is 5.25. The van der Waals surface area contributed by atoms with Crippen LogP contribution in [0.3, 0.4) is 0 Å². The van der Waals surface area contributed by atoms with E-state index >= 15 is 0 Å². The van der Waals surface area contributed by atoms with Crippen molar-refractivity contribution in [3.05, 3.63) is 158 Å². The Morgan fingerprint density at radius 3 is 1.70 bits per heavy atom. The summed E-state index contributed by atoms with van der Waals surface area (Å²) in [4.78, 5) is 10.5. The van der Waals surface area contributed by atoms with Crippen LogP contribution in [-0.2, 0) is 0 Å². The highest BCUT2D eigenvalue weighted by atomic mass is 15.2. The Balaban J connectivity index is 1.35. The van der Waals surface area contributed by atoms with Crippen molar-refractivity contribution >= 4 is 65.3 Å². The van der Waals surface area contributed by atoms with Gasteiger partial charge in [-0.2, -0.15) is 0 Å². The van der Waals surface area contributed by atoms with Gasteiger partial charge in [-0.3, -0.25) is 4.57 Å². The molecule has 10 aromatic rings. The summed E-state index contributed by atoms with van der Waals surface area (Å²) in [5.41, 5.74) is 8.64. The third kappa shape index (κ3) is 3.49. The molecule has 4 nitrogen and oxygen atoms in total. The highest BCUT2D eigenvalue weighted by molar-refractivity contribution is 6.29. The van der Waals surface area contributed by atoms with E-state index < -0.39 is 0 Å². The maximum Gasteiger partial charge on any atom is 0.235 e.